The molecule has 1 aliphatic rings. The van der Waals surface area contributed by atoms with Crippen LogP contribution in [0.25, 0.3) is 0 Å². The number of hydrogen-bond acceptors (Lipinski definition) is 8. The van der Waals surface area contributed by atoms with E-state index in [1.807, 2.05) is 6.08 Å². The normalized spacial score (nSPS) is 20.1. The van der Waals surface area contributed by atoms with Gasteiger partial charge in [-0.1, -0.05) is 229 Å². The van der Waals surface area contributed by atoms with Gasteiger partial charge in [0.05, 0.1) is 25.4 Å². The molecule has 0 spiro atoms. The van der Waals surface area contributed by atoms with Crippen LogP contribution in [0, 0.1) is 0 Å². The van der Waals surface area contributed by atoms with Crippen molar-refractivity contribution in [2.24, 2.45) is 0 Å². The van der Waals surface area contributed by atoms with Crippen LogP contribution in [-0.2, 0) is 14.3 Å². The first-order valence-corrected chi connectivity index (χ1v) is 27.9. The molecule has 9 heteroatoms. The van der Waals surface area contributed by atoms with Gasteiger partial charge in [0.15, 0.2) is 6.29 Å². The molecule has 7 atom stereocenters. The maximum absolute atomic E-state index is 13.0. The Bertz CT molecular complexity index is 1170. The van der Waals surface area contributed by atoms with E-state index in [1.165, 1.54) is 167 Å². The lowest BCUT2D eigenvalue weighted by molar-refractivity contribution is -0.302. The van der Waals surface area contributed by atoms with Gasteiger partial charge in [0.1, 0.15) is 24.4 Å². The molecule has 0 saturated carbocycles. The number of hydrogen-bond donors (Lipinski definition) is 6. The summed E-state index contributed by atoms with van der Waals surface area (Å²) >= 11 is 0. The van der Waals surface area contributed by atoms with E-state index < -0.39 is 49.5 Å². The van der Waals surface area contributed by atoms with Gasteiger partial charge in [0, 0.05) is 6.42 Å². The molecule has 1 heterocycles. The Hall–Kier alpha value is -1.85. The number of unbranched alkanes of at least 4 members (excludes halogenated alkanes) is 31. The highest BCUT2D eigenvalue weighted by molar-refractivity contribution is 5.76. The fraction of sp³-hybridized carbons (Fsp3) is 0.842. The number of rotatable bonds is 47. The van der Waals surface area contributed by atoms with Gasteiger partial charge in [-0.25, -0.2) is 0 Å². The third-order valence-corrected chi connectivity index (χ3v) is 13.1. The molecular weight excluding hydrogens is 827 g/mol. The van der Waals surface area contributed by atoms with Crippen LogP contribution in [0.2, 0.25) is 0 Å². The summed E-state index contributed by atoms with van der Waals surface area (Å²) in [5.74, 6) is -0.200. The summed E-state index contributed by atoms with van der Waals surface area (Å²) < 4.78 is 11.2. The molecule has 0 aromatic heterocycles. The second-order valence-corrected chi connectivity index (χ2v) is 19.4. The molecule has 0 bridgehead atoms. The number of carbonyl (C=O) groups excluding carboxylic acids is 1. The molecule has 1 saturated heterocycles. The molecule has 0 aromatic rings. The molecule has 0 radical (unpaired) electrons. The largest absolute Gasteiger partial charge is 0.394 e. The minimum atomic E-state index is -1.58. The van der Waals surface area contributed by atoms with E-state index in [9.17, 15) is 30.3 Å². The van der Waals surface area contributed by atoms with Crippen LogP contribution in [0.4, 0.5) is 0 Å². The zero-order valence-electron chi connectivity index (χ0n) is 42.7. The van der Waals surface area contributed by atoms with Crippen molar-refractivity contribution in [2.75, 3.05) is 13.2 Å². The van der Waals surface area contributed by atoms with E-state index in [-0.39, 0.29) is 12.5 Å². The van der Waals surface area contributed by atoms with Crippen molar-refractivity contribution >= 4 is 5.91 Å². The highest BCUT2D eigenvalue weighted by atomic mass is 16.7. The summed E-state index contributed by atoms with van der Waals surface area (Å²) in [6.45, 7) is 3.75. The van der Waals surface area contributed by atoms with Gasteiger partial charge in [-0.3, -0.25) is 4.79 Å². The molecule has 1 aliphatic heterocycles. The van der Waals surface area contributed by atoms with E-state index in [0.29, 0.717) is 6.42 Å². The molecule has 66 heavy (non-hydrogen) atoms. The smallest absolute Gasteiger partial charge is 0.220 e. The monoisotopic (exact) mass is 932 g/mol. The van der Waals surface area contributed by atoms with Crippen molar-refractivity contribution in [1.29, 1.82) is 0 Å². The lowest BCUT2D eigenvalue weighted by Gasteiger charge is -2.40. The summed E-state index contributed by atoms with van der Waals surface area (Å²) in [6, 6.07) is -0.830. The Labute approximate surface area is 405 Å². The first kappa shape index (κ1) is 62.2. The number of ether oxygens (including phenoxy) is 2. The van der Waals surface area contributed by atoms with Gasteiger partial charge in [-0.05, 0) is 64.2 Å². The average Bonchev–Trinajstić information content (AvgIpc) is 3.32. The number of aliphatic hydroxyl groups excluding tert-OH is 5. The standard InChI is InChI=1S/C57H105NO8/c1-3-5-7-9-11-13-15-17-19-21-22-23-24-25-26-27-28-29-30-31-32-34-36-38-40-42-44-46-51(60)50(49-65-57-56(64)55(63)54(62)52(48-59)66-57)58-53(61)47-45-43-41-39-37-35-33-20-18-16-14-12-10-8-6-4-2/h14,16,20,33,36,38,44,46,50-52,54-57,59-60,62-64H,3-13,15,17-19,21-32,34-35,37,39-43,45,47-49H2,1-2H3,(H,58,61)/b16-14-,33-20-,38-36+,46-44+. The van der Waals surface area contributed by atoms with E-state index in [1.54, 1.807) is 6.08 Å². The minimum absolute atomic E-state index is 0.200. The molecule has 9 nitrogen and oxygen atoms in total. The van der Waals surface area contributed by atoms with Crippen LogP contribution in [0.3, 0.4) is 0 Å². The molecule has 386 valence electrons. The first-order valence-electron chi connectivity index (χ1n) is 27.9. The van der Waals surface area contributed by atoms with Gasteiger partial charge in [0.2, 0.25) is 5.91 Å². The second-order valence-electron chi connectivity index (χ2n) is 19.4. The highest BCUT2D eigenvalue weighted by Gasteiger charge is 2.44. The third-order valence-electron chi connectivity index (χ3n) is 13.1. The number of aliphatic hydroxyl groups is 5. The SMILES string of the molecule is CCCCCC/C=C\C/C=C\CCCCCCCC(=O)NC(COC1OC(CO)C(O)C(O)C1O)C(O)/C=C/CC/C=C/CCCCCCCCCCCCCCCCCCCCCCC. The minimum Gasteiger partial charge on any atom is -0.394 e. The number of carbonyl (C=O) groups is 1. The number of allylic oxidation sites excluding steroid dienone is 7. The topological polar surface area (TPSA) is 149 Å². The van der Waals surface area contributed by atoms with Crippen LogP contribution >= 0.6 is 0 Å². The summed E-state index contributed by atoms with van der Waals surface area (Å²) in [5.41, 5.74) is 0. The quantitative estimate of drug-likeness (QED) is 0.0261. The van der Waals surface area contributed by atoms with Crippen molar-refractivity contribution in [3.63, 3.8) is 0 Å². The summed E-state index contributed by atoms with van der Waals surface area (Å²) in [6.07, 6.45) is 54.7. The third kappa shape index (κ3) is 36.2. The average molecular weight is 932 g/mol. The second kappa shape index (κ2) is 46.9. The van der Waals surface area contributed by atoms with E-state index in [0.717, 1.165) is 64.2 Å². The fourth-order valence-corrected chi connectivity index (χ4v) is 8.67. The van der Waals surface area contributed by atoms with Crippen LogP contribution in [0.5, 0.6) is 0 Å². The Morgan fingerprint density at radius 3 is 1.38 bits per heavy atom. The van der Waals surface area contributed by atoms with Gasteiger partial charge in [-0.15, -0.1) is 0 Å². The molecule has 1 rings (SSSR count). The van der Waals surface area contributed by atoms with Crippen molar-refractivity contribution in [3.05, 3.63) is 48.6 Å². The van der Waals surface area contributed by atoms with Gasteiger partial charge >= 0.3 is 0 Å². The lowest BCUT2D eigenvalue weighted by Crippen LogP contribution is -2.60. The van der Waals surface area contributed by atoms with Crippen LogP contribution in [0.15, 0.2) is 48.6 Å². The van der Waals surface area contributed by atoms with Crippen LogP contribution < -0.4 is 5.32 Å². The zero-order chi connectivity index (χ0) is 48.0. The Kier molecular flexibility index (Phi) is 44.1. The van der Waals surface area contributed by atoms with Gasteiger partial charge < -0.3 is 40.3 Å². The maximum Gasteiger partial charge on any atom is 0.220 e. The van der Waals surface area contributed by atoms with Crippen LogP contribution in [-0.4, -0.2) is 87.5 Å². The molecule has 1 fully saturated rings. The predicted octanol–water partition coefficient (Wildman–Crippen LogP) is 13.3. The maximum atomic E-state index is 13.0. The van der Waals surface area contributed by atoms with Gasteiger partial charge in [0.25, 0.3) is 0 Å². The summed E-state index contributed by atoms with van der Waals surface area (Å²) in [5, 5.41) is 54.4. The van der Waals surface area contributed by atoms with Crippen molar-refractivity contribution < 1.29 is 39.8 Å². The fourth-order valence-electron chi connectivity index (χ4n) is 8.67. The Morgan fingerprint density at radius 2 is 0.909 bits per heavy atom. The molecular formula is C57H105NO8. The number of amides is 1. The Balaban J connectivity index is 2.26. The molecule has 0 aliphatic carbocycles. The van der Waals surface area contributed by atoms with Crippen molar-refractivity contribution in [1.82, 2.24) is 5.32 Å². The summed E-state index contributed by atoms with van der Waals surface area (Å²) in [7, 11) is 0. The van der Waals surface area contributed by atoms with Gasteiger partial charge in [-0.2, -0.15) is 0 Å². The van der Waals surface area contributed by atoms with E-state index >= 15 is 0 Å². The molecule has 0 aromatic carbocycles. The zero-order valence-corrected chi connectivity index (χ0v) is 42.7. The Morgan fingerprint density at radius 1 is 0.515 bits per heavy atom. The summed E-state index contributed by atoms with van der Waals surface area (Å²) in [4.78, 5) is 13.0. The molecule has 6 N–H and O–H groups in total. The highest BCUT2D eigenvalue weighted by Crippen LogP contribution is 2.23. The van der Waals surface area contributed by atoms with Crippen LogP contribution in [0.1, 0.15) is 251 Å². The van der Waals surface area contributed by atoms with Crippen molar-refractivity contribution in [3.8, 4) is 0 Å². The van der Waals surface area contributed by atoms with E-state index in [2.05, 4.69) is 55.6 Å². The number of nitrogens with one attached hydrogen (secondary N) is 1. The first-order chi connectivity index (χ1) is 32.3. The lowest BCUT2D eigenvalue weighted by atomic mass is 9.99. The van der Waals surface area contributed by atoms with E-state index in [4.69, 9.17) is 9.47 Å². The molecule has 7 unspecified atom stereocenters. The predicted molar refractivity (Wildman–Crippen MR) is 276 cm³/mol. The van der Waals surface area contributed by atoms with Crippen molar-refractivity contribution in [2.45, 2.75) is 294 Å². The molecule has 1 amide bonds.